The van der Waals surface area contributed by atoms with Gasteiger partial charge in [-0.2, -0.15) is 0 Å². The molecule has 0 spiro atoms. The van der Waals surface area contributed by atoms with E-state index in [0.29, 0.717) is 0 Å². The predicted molar refractivity (Wildman–Crippen MR) is 88.1 cm³/mol. The fourth-order valence-corrected chi connectivity index (χ4v) is 3.12. The number of hydrogen-bond donors (Lipinski definition) is 0. The summed E-state index contributed by atoms with van der Waals surface area (Å²) in [6.45, 7) is 6.54. The molecule has 0 aliphatic carbocycles. The van der Waals surface area contributed by atoms with Gasteiger partial charge in [-0.15, -0.1) is 11.3 Å². The Morgan fingerprint density at radius 2 is 1.81 bits per heavy atom. The first kappa shape index (κ1) is 14.0. The number of thiazole rings is 1. The lowest BCUT2D eigenvalue weighted by Gasteiger charge is -2.22. The van der Waals surface area contributed by atoms with Crippen molar-refractivity contribution in [3.05, 3.63) is 41.5 Å². The van der Waals surface area contributed by atoms with Gasteiger partial charge in [-0.05, 0) is 0 Å². The lowest BCUT2D eigenvalue weighted by Crippen LogP contribution is -2.15. The van der Waals surface area contributed by atoms with E-state index in [9.17, 15) is 0 Å². The van der Waals surface area contributed by atoms with Crippen LogP contribution < -0.4 is 4.74 Å². The Morgan fingerprint density at radius 1 is 1.10 bits per heavy atom. The van der Waals surface area contributed by atoms with E-state index in [1.54, 1.807) is 24.6 Å². The monoisotopic (exact) mass is 298 g/mol. The molecule has 0 N–H and O–H groups in total. The van der Waals surface area contributed by atoms with Gasteiger partial charge < -0.3 is 4.74 Å². The van der Waals surface area contributed by atoms with E-state index >= 15 is 0 Å². The molecule has 2 aromatic heterocycles. The highest BCUT2D eigenvalue weighted by Crippen LogP contribution is 2.40. The number of methoxy groups -OCH3 is 1. The van der Waals surface area contributed by atoms with Crippen molar-refractivity contribution < 1.29 is 4.74 Å². The van der Waals surface area contributed by atoms with Crippen molar-refractivity contribution in [3.63, 3.8) is 0 Å². The summed E-state index contributed by atoms with van der Waals surface area (Å²) in [5.74, 6) is 0.800. The first-order valence-corrected chi connectivity index (χ1v) is 7.77. The summed E-state index contributed by atoms with van der Waals surface area (Å²) in [6, 6.07) is 8.27. The molecule has 21 heavy (non-hydrogen) atoms. The molecule has 0 saturated heterocycles. The Kier molecular flexibility index (Phi) is 3.41. The minimum atomic E-state index is -0.0438. The highest BCUT2D eigenvalue weighted by molar-refractivity contribution is 7.13. The zero-order chi connectivity index (χ0) is 15.0. The molecule has 0 fully saturated rings. The molecule has 4 heteroatoms. The molecule has 0 radical (unpaired) electrons. The molecule has 0 aliphatic rings. The molecule has 2 heterocycles. The average molecular weight is 298 g/mol. The molecule has 0 saturated carbocycles. The van der Waals surface area contributed by atoms with E-state index in [1.165, 1.54) is 0 Å². The van der Waals surface area contributed by atoms with Gasteiger partial charge in [0.05, 0.1) is 12.8 Å². The molecular weight excluding hydrogens is 280 g/mol. The molecule has 0 bridgehead atoms. The maximum absolute atomic E-state index is 5.65. The first-order chi connectivity index (χ1) is 10.0. The quantitative estimate of drug-likeness (QED) is 0.690. The van der Waals surface area contributed by atoms with E-state index < -0.39 is 0 Å². The van der Waals surface area contributed by atoms with Crippen molar-refractivity contribution in [2.75, 3.05) is 7.11 Å². The maximum atomic E-state index is 5.65. The summed E-state index contributed by atoms with van der Waals surface area (Å²) in [7, 11) is 1.69. The maximum Gasteiger partial charge on any atom is 0.155 e. The summed E-state index contributed by atoms with van der Waals surface area (Å²) in [5.41, 5.74) is 1.86. The van der Waals surface area contributed by atoms with Crippen LogP contribution in [-0.4, -0.2) is 17.1 Å². The molecule has 3 aromatic rings. The largest absolute Gasteiger partial charge is 0.494 e. The van der Waals surface area contributed by atoms with E-state index in [2.05, 4.69) is 37.9 Å². The fraction of sp³-hybridized carbons (Fsp3) is 0.294. The van der Waals surface area contributed by atoms with Gasteiger partial charge >= 0.3 is 0 Å². The van der Waals surface area contributed by atoms with Crippen LogP contribution >= 0.6 is 11.3 Å². The Bertz CT molecular complexity index is 773. The zero-order valence-corrected chi connectivity index (χ0v) is 13.5. The van der Waals surface area contributed by atoms with E-state index in [4.69, 9.17) is 9.72 Å². The molecule has 0 unspecified atom stereocenters. The predicted octanol–water partition coefficient (Wildman–Crippen LogP) is 4.66. The molecule has 0 atom stereocenters. The molecule has 3 nitrogen and oxygen atoms in total. The van der Waals surface area contributed by atoms with Crippen LogP contribution in [0.2, 0.25) is 0 Å². The van der Waals surface area contributed by atoms with Gasteiger partial charge in [0.25, 0.3) is 0 Å². The van der Waals surface area contributed by atoms with Crippen molar-refractivity contribution in [1.82, 2.24) is 9.97 Å². The van der Waals surface area contributed by atoms with Crippen LogP contribution in [0.3, 0.4) is 0 Å². The second-order valence-corrected chi connectivity index (χ2v) is 6.87. The fourth-order valence-electron chi connectivity index (χ4n) is 2.50. The SMILES string of the molecule is COc1c(-c2nccs2)nc(C(C)(C)C)c2ccccc12. The molecule has 108 valence electrons. The van der Waals surface area contributed by atoms with Crippen molar-refractivity contribution in [3.8, 4) is 16.5 Å². The third kappa shape index (κ3) is 2.40. The highest BCUT2D eigenvalue weighted by atomic mass is 32.1. The Hall–Kier alpha value is -1.94. The third-order valence-corrected chi connectivity index (χ3v) is 4.19. The molecule has 3 rings (SSSR count). The van der Waals surface area contributed by atoms with Crippen LogP contribution in [-0.2, 0) is 5.41 Å². The van der Waals surface area contributed by atoms with E-state index in [0.717, 1.165) is 32.9 Å². The number of pyridine rings is 1. The lowest BCUT2D eigenvalue weighted by molar-refractivity contribution is 0.419. The molecule has 0 aliphatic heterocycles. The van der Waals surface area contributed by atoms with Crippen LogP contribution in [0, 0.1) is 0 Å². The van der Waals surface area contributed by atoms with Crippen molar-refractivity contribution in [2.24, 2.45) is 0 Å². The van der Waals surface area contributed by atoms with E-state index in [-0.39, 0.29) is 5.41 Å². The number of ether oxygens (including phenoxy) is 1. The smallest absolute Gasteiger partial charge is 0.155 e. The van der Waals surface area contributed by atoms with Gasteiger partial charge in [0.15, 0.2) is 5.75 Å². The molecule has 1 aromatic carbocycles. The van der Waals surface area contributed by atoms with Crippen molar-refractivity contribution in [2.45, 2.75) is 26.2 Å². The van der Waals surface area contributed by atoms with E-state index in [1.807, 2.05) is 17.5 Å². The van der Waals surface area contributed by atoms with Gasteiger partial charge in [0, 0.05) is 27.8 Å². The van der Waals surface area contributed by atoms with Gasteiger partial charge in [-0.1, -0.05) is 45.0 Å². The Labute approximate surface area is 128 Å². The number of benzene rings is 1. The number of rotatable bonds is 2. The topological polar surface area (TPSA) is 35.0 Å². The second kappa shape index (κ2) is 5.11. The van der Waals surface area contributed by atoms with Gasteiger partial charge in [-0.3, -0.25) is 0 Å². The summed E-state index contributed by atoms with van der Waals surface area (Å²) in [5, 5.41) is 5.08. The summed E-state index contributed by atoms with van der Waals surface area (Å²) >= 11 is 1.58. The van der Waals surface area contributed by atoms with Crippen LogP contribution in [0.5, 0.6) is 5.75 Å². The van der Waals surface area contributed by atoms with Gasteiger partial charge in [-0.25, -0.2) is 9.97 Å². The summed E-state index contributed by atoms with van der Waals surface area (Å²) < 4.78 is 5.65. The van der Waals surface area contributed by atoms with Crippen molar-refractivity contribution >= 4 is 22.1 Å². The van der Waals surface area contributed by atoms with Crippen molar-refractivity contribution in [1.29, 1.82) is 0 Å². The Balaban J connectivity index is 2.43. The summed E-state index contributed by atoms with van der Waals surface area (Å²) in [6.07, 6.45) is 1.80. The number of nitrogens with zero attached hydrogens (tertiary/aromatic N) is 2. The van der Waals surface area contributed by atoms with Crippen LogP contribution in [0.15, 0.2) is 35.8 Å². The number of hydrogen-bond acceptors (Lipinski definition) is 4. The molecular formula is C17H18N2OS. The lowest BCUT2D eigenvalue weighted by atomic mass is 9.87. The van der Waals surface area contributed by atoms with Crippen LogP contribution in [0.1, 0.15) is 26.5 Å². The van der Waals surface area contributed by atoms with Crippen LogP contribution in [0.25, 0.3) is 21.5 Å². The molecule has 0 amide bonds. The second-order valence-electron chi connectivity index (χ2n) is 5.98. The first-order valence-electron chi connectivity index (χ1n) is 6.89. The Morgan fingerprint density at radius 3 is 2.38 bits per heavy atom. The van der Waals surface area contributed by atoms with Gasteiger partial charge in [0.1, 0.15) is 10.7 Å². The minimum absolute atomic E-state index is 0.0438. The summed E-state index contributed by atoms with van der Waals surface area (Å²) in [4.78, 5) is 9.31. The highest BCUT2D eigenvalue weighted by Gasteiger charge is 2.24. The number of aromatic nitrogens is 2. The normalized spacial score (nSPS) is 11.8. The third-order valence-electron chi connectivity index (χ3n) is 3.41. The zero-order valence-electron chi connectivity index (χ0n) is 12.7. The average Bonchev–Trinajstić information content (AvgIpc) is 2.98. The standard InChI is InChI=1S/C17H18N2OS/c1-17(2,3)15-12-8-6-5-7-11(12)14(20-4)13(19-15)16-18-9-10-21-16/h5-10H,1-4H3. The van der Waals surface area contributed by atoms with Crippen LogP contribution in [0.4, 0.5) is 0 Å². The number of fused-ring (bicyclic) bond motifs is 1. The van der Waals surface area contributed by atoms with Gasteiger partial charge in [0.2, 0.25) is 0 Å². The minimum Gasteiger partial charge on any atom is -0.494 e.